The number of amides is 1. The molecule has 1 aliphatic heterocycles. The number of nitrogens with one attached hydrogen (secondary N) is 1. The van der Waals surface area contributed by atoms with Gasteiger partial charge in [0, 0.05) is 0 Å². The molecule has 0 atom stereocenters. The van der Waals surface area contributed by atoms with Gasteiger partial charge in [0.05, 0.1) is 4.91 Å². The number of benzene rings is 1. The second-order valence-electron chi connectivity index (χ2n) is 3.99. The maximum Gasteiger partial charge on any atom is 0.261 e. The highest BCUT2D eigenvalue weighted by Gasteiger charge is 2.36. The maximum absolute atomic E-state index is 11.8. The van der Waals surface area contributed by atoms with E-state index in [4.69, 9.17) is 12.2 Å². The molecule has 84 valence electrons. The average molecular weight is 251 g/mol. The molecule has 0 radical (unpaired) electrons. The summed E-state index contributed by atoms with van der Waals surface area (Å²) < 4.78 is 0.680. The van der Waals surface area contributed by atoms with Crippen LogP contribution in [-0.4, -0.2) is 22.7 Å². The number of hydrogen-bond acceptors (Lipinski definition) is 2. The van der Waals surface area contributed by atoms with E-state index in [0.717, 1.165) is 10.5 Å². The molecule has 1 aliphatic rings. The number of hydrogen-bond donors (Lipinski definition) is 1. The van der Waals surface area contributed by atoms with Gasteiger partial charge in [0.2, 0.25) is 0 Å². The Hall–Kier alpha value is -1.13. The molecule has 1 N–H and O–H groups in total. The van der Waals surface area contributed by atoms with Crippen LogP contribution >= 0.6 is 22.2 Å². The van der Waals surface area contributed by atoms with Crippen LogP contribution in [0.3, 0.4) is 0 Å². The predicted molar refractivity (Wildman–Crippen MR) is 74.6 cm³/mol. The number of carbonyl (C=O) groups excluding carboxylic acids is 1. The Morgan fingerprint density at radius 3 is 2.38 bits per heavy atom. The van der Waals surface area contributed by atoms with Gasteiger partial charge in [0.15, 0.2) is 0 Å². The molecule has 0 unspecified atom stereocenters. The van der Waals surface area contributed by atoms with Crippen molar-refractivity contribution in [2.24, 2.45) is 0 Å². The van der Waals surface area contributed by atoms with Crippen LogP contribution in [0.15, 0.2) is 35.2 Å². The Morgan fingerprint density at radius 2 is 1.88 bits per heavy atom. The predicted octanol–water partition coefficient (Wildman–Crippen LogP) is 2.51. The molecular formula is C12H13NOS2. The van der Waals surface area contributed by atoms with E-state index in [0.29, 0.717) is 4.32 Å². The van der Waals surface area contributed by atoms with E-state index < -0.39 is 10.0 Å². The van der Waals surface area contributed by atoms with Gasteiger partial charge in [-0.2, -0.15) is 10.0 Å². The average Bonchev–Trinajstić information content (AvgIpc) is 2.43. The van der Waals surface area contributed by atoms with Crippen molar-refractivity contribution in [3.8, 4) is 0 Å². The fourth-order valence-corrected chi connectivity index (χ4v) is 3.38. The van der Waals surface area contributed by atoms with E-state index in [-0.39, 0.29) is 5.91 Å². The van der Waals surface area contributed by atoms with Crippen LogP contribution in [0.2, 0.25) is 0 Å². The molecular weight excluding hydrogens is 238 g/mol. The van der Waals surface area contributed by atoms with Crippen LogP contribution in [-0.2, 0) is 4.79 Å². The summed E-state index contributed by atoms with van der Waals surface area (Å²) in [4.78, 5) is 12.6. The van der Waals surface area contributed by atoms with Gasteiger partial charge in [-0.05, 0) is 24.2 Å². The Kier molecular flexibility index (Phi) is 2.86. The number of thiocarbonyl (C=S) groups is 1. The summed E-state index contributed by atoms with van der Waals surface area (Å²) in [6.07, 6.45) is 6.02. The van der Waals surface area contributed by atoms with Crippen molar-refractivity contribution in [1.29, 1.82) is 0 Å². The van der Waals surface area contributed by atoms with E-state index in [1.165, 1.54) is 0 Å². The molecule has 2 nitrogen and oxygen atoms in total. The summed E-state index contributed by atoms with van der Waals surface area (Å²) in [5.41, 5.74) is 1.04. The Morgan fingerprint density at radius 1 is 1.25 bits per heavy atom. The molecule has 0 bridgehead atoms. The number of carbonyl (C=O) groups is 1. The van der Waals surface area contributed by atoms with E-state index in [2.05, 4.69) is 5.32 Å². The van der Waals surface area contributed by atoms with Gasteiger partial charge >= 0.3 is 0 Å². The summed E-state index contributed by atoms with van der Waals surface area (Å²) in [7, 11) is -1.28. The first-order valence-corrected chi connectivity index (χ1v) is 7.73. The van der Waals surface area contributed by atoms with Gasteiger partial charge in [-0.1, -0.05) is 42.5 Å². The fourth-order valence-electron chi connectivity index (χ4n) is 1.53. The van der Waals surface area contributed by atoms with E-state index in [1.54, 1.807) is 0 Å². The highest BCUT2D eigenvalue weighted by molar-refractivity contribution is 8.52. The molecule has 0 spiro atoms. The van der Waals surface area contributed by atoms with E-state index in [9.17, 15) is 4.79 Å². The normalized spacial score (nSPS) is 23.2. The SMILES string of the molecule is CS1(C)C(=S)NC(=O)C1=Cc1ccccc1. The van der Waals surface area contributed by atoms with Gasteiger partial charge in [-0.25, -0.2) is 0 Å². The van der Waals surface area contributed by atoms with Crippen molar-refractivity contribution >= 4 is 38.5 Å². The summed E-state index contributed by atoms with van der Waals surface area (Å²) in [6, 6.07) is 9.84. The summed E-state index contributed by atoms with van der Waals surface area (Å²) in [5, 5.41) is 2.74. The molecule has 0 aliphatic carbocycles. The van der Waals surface area contributed by atoms with Gasteiger partial charge < -0.3 is 5.32 Å². The lowest BCUT2D eigenvalue weighted by atomic mass is 10.2. The lowest BCUT2D eigenvalue weighted by Crippen LogP contribution is -2.18. The van der Waals surface area contributed by atoms with Crippen LogP contribution < -0.4 is 5.32 Å². The third-order valence-corrected chi connectivity index (χ3v) is 6.33. The van der Waals surface area contributed by atoms with Crippen LogP contribution in [0, 0.1) is 0 Å². The molecule has 1 heterocycles. The molecule has 1 saturated heterocycles. The summed E-state index contributed by atoms with van der Waals surface area (Å²) in [5.74, 6) is -0.0474. The van der Waals surface area contributed by atoms with Crippen LogP contribution in [0.4, 0.5) is 0 Å². The van der Waals surface area contributed by atoms with Crippen LogP contribution in [0.1, 0.15) is 5.56 Å². The van der Waals surface area contributed by atoms with Gasteiger partial charge in [-0.3, -0.25) is 4.79 Å². The van der Waals surface area contributed by atoms with Gasteiger partial charge in [0.1, 0.15) is 4.32 Å². The molecule has 2 rings (SSSR count). The number of rotatable bonds is 1. The zero-order chi connectivity index (χ0) is 11.8. The van der Waals surface area contributed by atoms with Crippen molar-refractivity contribution in [1.82, 2.24) is 5.32 Å². The molecule has 0 saturated carbocycles. The highest BCUT2D eigenvalue weighted by atomic mass is 32.3. The zero-order valence-corrected chi connectivity index (χ0v) is 10.8. The largest absolute Gasteiger partial charge is 0.308 e. The van der Waals surface area contributed by atoms with Crippen LogP contribution in [0.5, 0.6) is 0 Å². The van der Waals surface area contributed by atoms with Crippen molar-refractivity contribution in [3.05, 3.63) is 40.8 Å². The zero-order valence-electron chi connectivity index (χ0n) is 9.19. The molecule has 1 aromatic rings. The molecule has 16 heavy (non-hydrogen) atoms. The topological polar surface area (TPSA) is 29.1 Å². The van der Waals surface area contributed by atoms with Crippen LogP contribution in [0.25, 0.3) is 6.08 Å². The van der Waals surface area contributed by atoms with Gasteiger partial charge in [0.25, 0.3) is 5.91 Å². The second kappa shape index (κ2) is 4.03. The van der Waals surface area contributed by atoms with E-state index in [1.807, 2.05) is 48.9 Å². The van der Waals surface area contributed by atoms with E-state index >= 15 is 0 Å². The Bertz CT molecular complexity index is 477. The lowest BCUT2D eigenvalue weighted by molar-refractivity contribution is -0.115. The standard InChI is InChI=1S/C12H13NOS2/c1-16(2)10(11(14)13-12(16)15)8-9-6-4-3-5-7-9/h3-8H,1-2H3,(H,13,14,15). The minimum absolute atomic E-state index is 0.0474. The molecule has 0 aromatic heterocycles. The second-order valence-corrected chi connectivity index (χ2v) is 8.16. The monoisotopic (exact) mass is 251 g/mol. The van der Waals surface area contributed by atoms with Crippen molar-refractivity contribution < 1.29 is 4.79 Å². The molecule has 1 aromatic carbocycles. The maximum atomic E-state index is 11.8. The lowest BCUT2D eigenvalue weighted by Gasteiger charge is -2.23. The first kappa shape index (κ1) is 11.4. The molecule has 1 amide bonds. The molecule has 1 fully saturated rings. The fraction of sp³-hybridized carbons (Fsp3) is 0.167. The van der Waals surface area contributed by atoms with Crippen molar-refractivity contribution in [2.45, 2.75) is 0 Å². The Labute approximate surface area is 102 Å². The van der Waals surface area contributed by atoms with Crippen molar-refractivity contribution in [3.63, 3.8) is 0 Å². The first-order valence-electron chi connectivity index (χ1n) is 4.87. The quantitative estimate of drug-likeness (QED) is 0.614. The smallest absolute Gasteiger partial charge is 0.261 e. The first-order chi connectivity index (χ1) is 7.51. The van der Waals surface area contributed by atoms with Gasteiger partial charge in [-0.15, -0.1) is 0 Å². The minimum Gasteiger partial charge on any atom is -0.308 e. The summed E-state index contributed by atoms with van der Waals surface area (Å²) in [6.45, 7) is 0. The highest BCUT2D eigenvalue weighted by Crippen LogP contribution is 2.53. The summed E-state index contributed by atoms with van der Waals surface area (Å²) >= 11 is 5.19. The Balaban J connectivity index is 2.45. The molecule has 4 heteroatoms. The third kappa shape index (κ3) is 1.90. The third-order valence-electron chi connectivity index (χ3n) is 2.55. The minimum atomic E-state index is -1.28. The van der Waals surface area contributed by atoms with Crippen molar-refractivity contribution in [2.75, 3.05) is 12.5 Å².